The molecule has 0 aliphatic carbocycles. The molecule has 2 rings (SSSR count). The van der Waals surface area contributed by atoms with E-state index < -0.39 is 0 Å². The van der Waals surface area contributed by atoms with E-state index in [1.165, 1.54) is 24.3 Å². The molecule has 2 N–H and O–H groups in total. The standard InChI is InChI=1S/C15H12O6/c16-7-10-3-1-5-12(14(10)18)20-9-21-13-6-2-4-11(8-17)15(13)19/h1-8,18-19H,9H2. The fraction of sp³-hybridized carbons (Fsp3) is 0.0667. The molecule has 6 nitrogen and oxygen atoms in total. The first-order chi connectivity index (χ1) is 10.2. The first kappa shape index (κ1) is 14.4. The lowest BCUT2D eigenvalue weighted by atomic mass is 10.2. The quantitative estimate of drug-likeness (QED) is 0.625. The minimum Gasteiger partial charge on any atom is -0.504 e. The van der Waals surface area contributed by atoms with Gasteiger partial charge in [0.05, 0.1) is 11.1 Å². The third kappa shape index (κ3) is 3.11. The van der Waals surface area contributed by atoms with Gasteiger partial charge in [0, 0.05) is 0 Å². The Morgan fingerprint density at radius 1 is 0.810 bits per heavy atom. The zero-order valence-electron chi connectivity index (χ0n) is 10.9. The third-order valence-corrected chi connectivity index (χ3v) is 2.74. The second-order valence-corrected chi connectivity index (χ2v) is 4.03. The number of carbonyl (C=O) groups is 2. The van der Waals surface area contributed by atoms with Crippen molar-refractivity contribution < 1.29 is 29.3 Å². The maximum atomic E-state index is 10.7. The minimum absolute atomic E-state index is 0.0747. The molecule has 6 heteroatoms. The van der Waals surface area contributed by atoms with E-state index in [2.05, 4.69) is 0 Å². The first-order valence-corrected chi connectivity index (χ1v) is 5.97. The molecule has 21 heavy (non-hydrogen) atoms. The molecular formula is C15H12O6. The van der Waals surface area contributed by atoms with Crippen LogP contribution in [-0.2, 0) is 0 Å². The first-order valence-electron chi connectivity index (χ1n) is 5.97. The van der Waals surface area contributed by atoms with Crippen molar-refractivity contribution in [2.24, 2.45) is 0 Å². The zero-order chi connectivity index (χ0) is 15.2. The molecule has 0 fully saturated rings. The summed E-state index contributed by atoms with van der Waals surface area (Å²) in [5.41, 5.74) is 0.191. The van der Waals surface area contributed by atoms with E-state index in [-0.39, 0.29) is 40.9 Å². The summed E-state index contributed by atoms with van der Waals surface area (Å²) in [5, 5.41) is 19.4. The molecular weight excluding hydrogens is 276 g/mol. The molecule has 0 unspecified atom stereocenters. The van der Waals surface area contributed by atoms with Crippen LogP contribution in [0.4, 0.5) is 0 Å². The lowest BCUT2D eigenvalue weighted by Crippen LogP contribution is -2.06. The SMILES string of the molecule is O=Cc1cccc(OCOc2cccc(C=O)c2O)c1O. The normalized spacial score (nSPS) is 9.90. The summed E-state index contributed by atoms with van der Waals surface area (Å²) in [4.78, 5) is 21.4. The monoisotopic (exact) mass is 288 g/mol. The van der Waals surface area contributed by atoms with Crippen LogP contribution in [0.25, 0.3) is 0 Å². The molecule has 0 bridgehead atoms. The van der Waals surface area contributed by atoms with E-state index >= 15 is 0 Å². The Morgan fingerprint density at radius 2 is 1.24 bits per heavy atom. The molecule has 0 atom stereocenters. The number of phenolic OH excluding ortho intramolecular Hbond substituents is 2. The van der Waals surface area contributed by atoms with Crippen molar-refractivity contribution in [1.29, 1.82) is 0 Å². The maximum Gasteiger partial charge on any atom is 0.231 e. The smallest absolute Gasteiger partial charge is 0.231 e. The van der Waals surface area contributed by atoms with Crippen molar-refractivity contribution in [3.05, 3.63) is 47.5 Å². The highest BCUT2D eigenvalue weighted by atomic mass is 16.7. The van der Waals surface area contributed by atoms with Crippen LogP contribution in [0.2, 0.25) is 0 Å². The summed E-state index contributed by atoms with van der Waals surface area (Å²) in [5.74, 6) is -0.430. The Bertz CT molecular complexity index is 608. The molecule has 0 saturated heterocycles. The third-order valence-electron chi connectivity index (χ3n) is 2.74. The van der Waals surface area contributed by atoms with Crippen molar-refractivity contribution in [1.82, 2.24) is 0 Å². The van der Waals surface area contributed by atoms with Gasteiger partial charge in [-0.25, -0.2) is 0 Å². The van der Waals surface area contributed by atoms with Crippen molar-refractivity contribution in [2.75, 3.05) is 6.79 Å². The van der Waals surface area contributed by atoms with Crippen molar-refractivity contribution in [3.63, 3.8) is 0 Å². The second-order valence-electron chi connectivity index (χ2n) is 4.03. The van der Waals surface area contributed by atoms with Crippen LogP contribution < -0.4 is 9.47 Å². The highest BCUT2D eigenvalue weighted by Crippen LogP contribution is 2.30. The van der Waals surface area contributed by atoms with Gasteiger partial charge in [0.15, 0.2) is 35.6 Å². The molecule has 0 amide bonds. The van der Waals surface area contributed by atoms with Crippen LogP contribution in [0, 0.1) is 0 Å². The van der Waals surface area contributed by atoms with Crippen molar-refractivity contribution >= 4 is 12.6 Å². The summed E-state index contributed by atoms with van der Waals surface area (Å²) in [6.45, 7) is -0.314. The number of hydrogen-bond acceptors (Lipinski definition) is 6. The fourth-order valence-electron chi connectivity index (χ4n) is 1.66. The molecule has 2 aromatic carbocycles. The average Bonchev–Trinajstić information content (AvgIpc) is 2.50. The topological polar surface area (TPSA) is 93.1 Å². The number of benzene rings is 2. The van der Waals surface area contributed by atoms with Gasteiger partial charge in [-0.3, -0.25) is 9.59 Å². The number of phenols is 2. The molecule has 0 radical (unpaired) electrons. The number of carbonyl (C=O) groups excluding carboxylic acids is 2. The van der Waals surface area contributed by atoms with Crippen LogP contribution in [-0.4, -0.2) is 29.6 Å². The van der Waals surface area contributed by atoms with Crippen LogP contribution in [0.3, 0.4) is 0 Å². The molecule has 0 aliphatic heterocycles. The summed E-state index contributed by atoms with van der Waals surface area (Å²) < 4.78 is 10.4. The molecule has 108 valence electrons. The van der Waals surface area contributed by atoms with Gasteiger partial charge in [0.1, 0.15) is 0 Å². The largest absolute Gasteiger partial charge is 0.504 e. The number of hydrogen-bond donors (Lipinski definition) is 2. The van der Waals surface area contributed by atoms with Crippen LogP contribution in [0.5, 0.6) is 23.0 Å². The predicted octanol–water partition coefficient (Wildman–Crippen LogP) is 2.14. The summed E-state index contributed by atoms with van der Waals surface area (Å²) in [6.07, 6.45) is 1.00. The van der Waals surface area contributed by atoms with Gasteiger partial charge < -0.3 is 19.7 Å². The fourth-order valence-corrected chi connectivity index (χ4v) is 1.66. The Morgan fingerprint density at radius 3 is 1.62 bits per heavy atom. The summed E-state index contributed by atoms with van der Waals surface area (Å²) >= 11 is 0. The maximum absolute atomic E-state index is 10.7. The molecule has 0 heterocycles. The highest BCUT2D eigenvalue weighted by molar-refractivity contribution is 5.81. The molecule has 0 spiro atoms. The minimum atomic E-state index is -0.314. The van der Waals surface area contributed by atoms with Gasteiger partial charge in [-0.1, -0.05) is 12.1 Å². The van der Waals surface area contributed by atoms with Gasteiger partial charge >= 0.3 is 0 Å². The molecule has 0 aromatic heterocycles. The van der Waals surface area contributed by atoms with Gasteiger partial charge in [-0.2, -0.15) is 0 Å². The number of aromatic hydroxyl groups is 2. The Kier molecular flexibility index (Phi) is 4.40. The van der Waals surface area contributed by atoms with Crippen LogP contribution in [0.1, 0.15) is 20.7 Å². The van der Waals surface area contributed by atoms with Gasteiger partial charge in [-0.05, 0) is 24.3 Å². The van der Waals surface area contributed by atoms with E-state index in [4.69, 9.17) is 9.47 Å². The van der Waals surface area contributed by atoms with E-state index in [0.717, 1.165) is 0 Å². The second kappa shape index (κ2) is 6.42. The summed E-state index contributed by atoms with van der Waals surface area (Å²) in [6, 6.07) is 8.90. The molecule has 0 aliphatic rings. The lowest BCUT2D eigenvalue weighted by molar-refractivity contribution is 0.108. The molecule has 0 saturated carbocycles. The Hall–Kier alpha value is -3.02. The Balaban J connectivity index is 2.05. The van der Waals surface area contributed by atoms with Crippen LogP contribution >= 0.6 is 0 Å². The zero-order valence-corrected chi connectivity index (χ0v) is 10.9. The van der Waals surface area contributed by atoms with Crippen molar-refractivity contribution in [3.8, 4) is 23.0 Å². The van der Waals surface area contributed by atoms with Crippen LogP contribution in [0.15, 0.2) is 36.4 Å². The van der Waals surface area contributed by atoms with Gasteiger partial charge in [-0.15, -0.1) is 0 Å². The number of aldehydes is 2. The number of rotatable bonds is 6. The number of para-hydroxylation sites is 2. The summed E-state index contributed by atoms with van der Waals surface area (Å²) in [7, 11) is 0. The van der Waals surface area contributed by atoms with E-state index in [1.807, 2.05) is 0 Å². The number of ether oxygens (including phenoxy) is 2. The average molecular weight is 288 g/mol. The Labute approximate surface area is 120 Å². The predicted molar refractivity (Wildman–Crippen MR) is 73.1 cm³/mol. The highest BCUT2D eigenvalue weighted by Gasteiger charge is 2.10. The van der Waals surface area contributed by atoms with E-state index in [1.54, 1.807) is 12.1 Å². The van der Waals surface area contributed by atoms with Gasteiger partial charge in [0.25, 0.3) is 0 Å². The van der Waals surface area contributed by atoms with Gasteiger partial charge in [0.2, 0.25) is 6.79 Å². The van der Waals surface area contributed by atoms with Crippen molar-refractivity contribution in [2.45, 2.75) is 0 Å². The molecule has 2 aromatic rings. The lowest BCUT2D eigenvalue weighted by Gasteiger charge is -2.11. The van der Waals surface area contributed by atoms with E-state index in [0.29, 0.717) is 12.6 Å². The van der Waals surface area contributed by atoms with E-state index in [9.17, 15) is 19.8 Å².